The first kappa shape index (κ1) is 22.5. The summed E-state index contributed by atoms with van der Waals surface area (Å²) in [7, 11) is 6.08. The molecule has 3 aromatic carbocycles. The second-order valence-electron chi connectivity index (χ2n) is 7.84. The SMILES string of the molecule is COc1cc2c(cc1OCc1ccccc1)-c1c(c3c(OC)c(OC)c(OC)cc3oc1=O)OC2. The lowest BCUT2D eigenvalue weighted by Gasteiger charge is -2.24. The van der Waals surface area contributed by atoms with E-state index in [4.69, 9.17) is 32.8 Å². The van der Waals surface area contributed by atoms with Crippen molar-refractivity contribution in [1.82, 2.24) is 0 Å². The molecule has 8 heteroatoms. The van der Waals surface area contributed by atoms with E-state index in [2.05, 4.69) is 0 Å². The zero-order chi connectivity index (χ0) is 24.5. The van der Waals surface area contributed by atoms with Crippen molar-refractivity contribution >= 4 is 11.0 Å². The fourth-order valence-corrected chi connectivity index (χ4v) is 4.29. The summed E-state index contributed by atoms with van der Waals surface area (Å²) in [5.41, 5.74) is 2.40. The molecule has 1 aromatic heterocycles. The lowest BCUT2D eigenvalue weighted by atomic mass is 9.96. The molecule has 0 atom stereocenters. The lowest BCUT2D eigenvalue weighted by Crippen LogP contribution is -2.15. The van der Waals surface area contributed by atoms with Crippen LogP contribution in [-0.2, 0) is 13.2 Å². The fraction of sp³-hybridized carbons (Fsp3) is 0.222. The van der Waals surface area contributed by atoms with Crippen molar-refractivity contribution in [2.24, 2.45) is 0 Å². The summed E-state index contributed by atoms with van der Waals surface area (Å²) >= 11 is 0. The number of rotatable bonds is 7. The zero-order valence-electron chi connectivity index (χ0n) is 19.8. The third-order valence-electron chi connectivity index (χ3n) is 5.92. The van der Waals surface area contributed by atoms with Crippen molar-refractivity contribution in [2.45, 2.75) is 13.2 Å². The van der Waals surface area contributed by atoms with Gasteiger partial charge in [-0.05, 0) is 17.7 Å². The Kier molecular flexibility index (Phi) is 5.86. The van der Waals surface area contributed by atoms with Crippen LogP contribution in [0.25, 0.3) is 22.1 Å². The van der Waals surface area contributed by atoms with Crippen molar-refractivity contribution in [3.8, 4) is 45.6 Å². The Balaban J connectivity index is 1.70. The van der Waals surface area contributed by atoms with Crippen LogP contribution in [0.1, 0.15) is 11.1 Å². The van der Waals surface area contributed by atoms with E-state index in [1.54, 1.807) is 19.2 Å². The molecule has 0 bridgehead atoms. The number of hydrogen-bond donors (Lipinski definition) is 0. The van der Waals surface area contributed by atoms with Gasteiger partial charge < -0.3 is 32.8 Å². The summed E-state index contributed by atoms with van der Waals surface area (Å²) < 4.78 is 40.0. The van der Waals surface area contributed by atoms with Crippen molar-refractivity contribution in [1.29, 1.82) is 0 Å². The normalized spacial score (nSPS) is 11.8. The standard InChI is InChI=1S/C27H24O8/c1-29-18-10-16-14-34-25-22(17(16)11-19(18)33-13-15-8-6-5-7-9-15)27(28)35-20-12-21(30-2)24(31-3)26(32-4)23(20)25/h5-12H,13-14H2,1-4H3. The van der Waals surface area contributed by atoms with E-state index in [1.807, 2.05) is 36.4 Å². The van der Waals surface area contributed by atoms with Gasteiger partial charge in [-0.25, -0.2) is 4.79 Å². The molecule has 1 aliphatic rings. The highest BCUT2D eigenvalue weighted by Crippen LogP contribution is 2.51. The van der Waals surface area contributed by atoms with Crippen LogP contribution in [0.5, 0.6) is 34.5 Å². The molecule has 5 rings (SSSR count). The quantitative estimate of drug-likeness (QED) is 0.346. The Morgan fingerprint density at radius 3 is 2.26 bits per heavy atom. The summed E-state index contributed by atoms with van der Waals surface area (Å²) in [6.07, 6.45) is 0. The highest BCUT2D eigenvalue weighted by atomic mass is 16.5. The molecule has 4 aromatic rings. The van der Waals surface area contributed by atoms with E-state index < -0.39 is 5.63 Å². The maximum absolute atomic E-state index is 13.2. The van der Waals surface area contributed by atoms with Gasteiger partial charge in [-0.2, -0.15) is 0 Å². The van der Waals surface area contributed by atoms with Gasteiger partial charge >= 0.3 is 5.63 Å². The highest BCUT2D eigenvalue weighted by Gasteiger charge is 2.30. The molecule has 0 saturated heterocycles. The van der Waals surface area contributed by atoms with Crippen LogP contribution in [0.4, 0.5) is 0 Å². The first-order valence-corrected chi connectivity index (χ1v) is 10.9. The molecule has 35 heavy (non-hydrogen) atoms. The van der Waals surface area contributed by atoms with E-state index in [0.29, 0.717) is 52.1 Å². The summed E-state index contributed by atoms with van der Waals surface area (Å²) in [6, 6.07) is 15.0. The highest BCUT2D eigenvalue weighted by molar-refractivity contribution is 5.99. The molecule has 0 amide bonds. The van der Waals surface area contributed by atoms with E-state index in [0.717, 1.165) is 11.1 Å². The smallest absolute Gasteiger partial charge is 0.348 e. The Bertz CT molecular complexity index is 1460. The molecule has 1 aliphatic heterocycles. The molecule has 180 valence electrons. The van der Waals surface area contributed by atoms with Crippen LogP contribution in [-0.4, -0.2) is 28.4 Å². The Morgan fingerprint density at radius 2 is 1.57 bits per heavy atom. The first-order valence-electron chi connectivity index (χ1n) is 10.9. The van der Waals surface area contributed by atoms with Gasteiger partial charge in [-0.3, -0.25) is 0 Å². The lowest BCUT2D eigenvalue weighted by molar-refractivity contribution is 0.280. The molecule has 0 radical (unpaired) electrons. The minimum Gasteiger partial charge on any atom is -0.493 e. The zero-order valence-corrected chi connectivity index (χ0v) is 19.8. The third kappa shape index (κ3) is 3.77. The predicted molar refractivity (Wildman–Crippen MR) is 129 cm³/mol. The van der Waals surface area contributed by atoms with Gasteiger partial charge in [-0.15, -0.1) is 0 Å². The topological polar surface area (TPSA) is 85.6 Å². The monoisotopic (exact) mass is 476 g/mol. The molecule has 0 unspecified atom stereocenters. The van der Waals surface area contributed by atoms with Gasteiger partial charge in [0.25, 0.3) is 0 Å². The number of fused-ring (bicyclic) bond motifs is 5. The number of hydrogen-bond acceptors (Lipinski definition) is 8. The van der Waals surface area contributed by atoms with Crippen molar-refractivity contribution in [2.75, 3.05) is 28.4 Å². The van der Waals surface area contributed by atoms with E-state index >= 15 is 0 Å². The van der Waals surface area contributed by atoms with Gasteiger partial charge in [0.15, 0.2) is 23.0 Å². The van der Waals surface area contributed by atoms with E-state index in [-0.39, 0.29) is 17.8 Å². The molecule has 2 heterocycles. The minimum atomic E-state index is -0.554. The molecule has 0 aliphatic carbocycles. The second kappa shape index (κ2) is 9.13. The van der Waals surface area contributed by atoms with E-state index in [1.165, 1.54) is 21.3 Å². The van der Waals surface area contributed by atoms with Crippen molar-refractivity contribution in [3.63, 3.8) is 0 Å². The molecule has 0 N–H and O–H groups in total. The van der Waals surface area contributed by atoms with Gasteiger partial charge in [0.1, 0.15) is 35.5 Å². The van der Waals surface area contributed by atoms with Crippen LogP contribution < -0.4 is 34.0 Å². The van der Waals surface area contributed by atoms with Crippen LogP contribution in [0.15, 0.2) is 57.7 Å². The minimum absolute atomic E-state index is 0.216. The predicted octanol–water partition coefficient (Wildman–Crippen LogP) is 4.97. The molecular formula is C27H24O8. The molecule has 0 spiro atoms. The average molecular weight is 476 g/mol. The van der Waals surface area contributed by atoms with Gasteiger partial charge in [0.05, 0.1) is 28.4 Å². The van der Waals surface area contributed by atoms with E-state index in [9.17, 15) is 4.79 Å². The molecular weight excluding hydrogens is 452 g/mol. The third-order valence-corrected chi connectivity index (χ3v) is 5.92. The number of ether oxygens (including phenoxy) is 6. The summed E-state index contributed by atoms with van der Waals surface area (Å²) in [5, 5.41) is 0.480. The van der Waals surface area contributed by atoms with Crippen LogP contribution in [0, 0.1) is 0 Å². The Labute approximate surface area is 201 Å². The number of benzene rings is 3. The van der Waals surface area contributed by atoms with Crippen LogP contribution in [0.2, 0.25) is 0 Å². The maximum Gasteiger partial charge on any atom is 0.348 e. The first-order chi connectivity index (χ1) is 17.1. The van der Waals surface area contributed by atoms with Crippen molar-refractivity contribution < 1.29 is 32.8 Å². The second-order valence-corrected chi connectivity index (χ2v) is 7.84. The molecule has 0 fully saturated rings. The summed E-state index contributed by atoms with van der Waals surface area (Å²) in [4.78, 5) is 13.2. The maximum atomic E-state index is 13.2. The Morgan fingerprint density at radius 1 is 0.829 bits per heavy atom. The average Bonchev–Trinajstić information content (AvgIpc) is 2.90. The van der Waals surface area contributed by atoms with Crippen LogP contribution in [0.3, 0.4) is 0 Å². The largest absolute Gasteiger partial charge is 0.493 e. The van der Waals surface area contributed by atoms with Gasteiger partial charge in [-0.1, -0.05) is 30.3 Å². The Hall–Kier alpha value is -4.33. The molecule has 0 saturated carbocycles. The van der Waals surface area contributed by atoms with Crippen molar-refractivity contribution in [3.05, 3.63) is 70.1 Å². The fourth-order valence-electron chi connectivity index (χ4n) is 4.29. The summed E-state index contributed by atoms with van der Waals surface area (Å²) in [5.74, 6) is 2.48. The number of methoxy groups -OCH3 is 4. The summed E-state index contributed by atoms with van der Waals surface area (Å²) in [6.45, 7) is 0.560. The molecule has 8 nitrogen and oxygen atoms in total. The van der Waals surface area contributed by atoms with Crippen LogP contribution >= 0.6 is 0 Å². The van der Waals surface area contributed by atoms with Gasteiger partial charge in [0.2, 0.25) is 5.75 Å². The van der Waals surface area contributed by atoms with Gasteiger partial charge in [0, 0.05) is 17.2 Å².